The number of nitrogen functional groups attached to an aromatic ring is 1. The van der Waals surface area contributed by atoms with Gasteiger partial charge < -0.3 is 30.0 Å². The number of nitrogens with one attached hydrogen (secondary N) is 2. The van der Waals surface area contributed by atoms with E-state index in [2.05, 4.69) is 10.1 Å². The van der Waals surface area contributed by atoms with Crippen LogP contribution in [0.3, 0.4) is 0 Å². The normalized spacial score (nSPS) is 11.5. The van der Waals surface area contributed by atoms with Crippen LogP contribution in [0.5, 0.6) is 17.2 Å². The highest BCUT2D eigenvalue weighted by atomic mass is 19.4. The number of methoxy groups -OCH3 is 2. The fourth-order valence-corrected chi connectivity index (χ4v) is 4.18. The molecule has 0 aliphatic carbocycles. The Bertz CT molecular complexity index is 1770. The number of alkyl halides is 3. The number of H-pyrrole nitrogens is 1. The number of hydrogen-bond acceptors (Lipinski definition) is 8. The SMILES string of the molecule is COc1cc(C(Cc2ccc(C(=N)N)cc2)c2nn(-c3ccccc3OC)c(=O)[nH]2)ccc1OCC(=O)N(C)C.O=C(O)C(F)(F)F. The Kier molecular flexibility index (Phi) is 11.7. The fraction of sp³-hybridized carbons (Fsp3) is 0.258. The van der Waals surface area contributed by atoms with Crippen molar-refractivity contribution in [2.75, 3.05) is 34.9 Å². The summed E-state index contributed by atoms with van der Waals surface area (Å²) in [5, 5.41) is 19.5. The number of rotatable bonds is 11. The maximum absolute atomic E-state index is 13.1. The maximum atomic E-state index is 13.1. The number of aromatic nitrogens is 3. The highest BCUT2D eigenvalue weighted by Crippen LogP contribution is 2.34. The first-order chi connectivity index (χ1) is 22.2. The Hall–Kier alpha value is -5.80. The number of carboxylic acids is 1. The van der Waals surface area contributed by atoms with E-state index in [9.17, 15) is 22.8 Å². The number of nitrogens with zero attached hydrogens (tertiary/aromatic N) is 3. The number of carboxylic acid groups (broad SMARTS) is 1. The lowest BCUT2D eigenvalue weighted by atomic mass is 9.90. The zero-order chi connectivity index (χ0) is 34.9. The molecule has 5 N–H and O–H groups in total. The molecule has 4 rings (SSSR count). The van der Waals surface area contributed by atoms with Crippen LogP contribution in [0.25, 0.3) is 5.69 Å². The summed E-state index contributed by atoms with van der Waals surface area (Å²) >= 11 is 0. The lowest BCUT2D eigenvalue weighted by Crippen LogP contribution is -2.27. The summed E-state index contributed by atoms with van der Waals surface area (Å²) in [6.45, 7) is -0.134. The third kappa shape index (κ3) is 9.35. The number of para-hydroxylation sites is 2. The number of amidine groups is 1. The molecule has 0 saturated carbocycles. The Balaban J connectivity index is 0.000000771. The minimum absolute atomic E-state index is 0.0175. The molecule has 250 valence electrons. The van der Waals surface area contributed by atoms with Gasteiger partial charge in [0.1, 0.15) is 23.1 Å². The van der Waals surface area contributed by atoms with Gasteiger partial charge in [0, 0.05) is 25.6 Å². The molecule has 1 atom stereocenters. The van der Waals surface area contributed by atoms with Crippen LogP contribution in [0.2, 0.25) is 0 Å². The second-order valence-corrected chi connectivity index (χ2v) is 10.1. The second kappa shape index (κ2) is 15.5. The molecular weight excluding hydrogens is 625 g/mol. The maximum Gasteiger partial charge on any atom is 0.490 e. The van der Waals surface area contributed by atoms with E-state index in [0.717, 1.165) is 11.1 Å². The second-order valence-electron chi connectivity index (χ2n) is 10.1. The summed E-state index contributed by atoms with van der Waals surface area (Å²) in [6, 6.07) is 19.9. The summed E-state index contributed by atoms with van der Waals surface area (Å²) < 4.78 is 49.7. The van der Waals surface area contributed by atoms with Crippen LogP contribution in [0.1, 0.15) is 28.4 Å². The molecule has 0 aliphatic rings. The van der Waals surface area contributed by atoms with Crippen molar-refractivity contribution in [3.63, 3.8) is 0 Å². The van der Waals surface area contributed by atoms with Gasteiger partial charge in [-0.3, -0.25) is 15.2 Å². The lowest BCUT2D eigenvalue weighted by Gasteiger charge is -2.18. The first-order valence-corrected chi connectivity index (χ1v) is 13.7. The van der Waals surface area contributed by atoms with E-state index in [1.54, 1.807) is 50.5 Å². The van der Waals surface area contributed by atoms with Crippen molar-refractivity contribution in [2.45, 2.75) is 18.5 Å². The average Bonchev–Trinajstić information content (AvgIpc) is 3.42. The van der Waals surface area contributed by atoms with E-state index in [0.29, 0.717) is 40.7 Å². The van der Waals surface area contributed by atoms with E-state index in [4.69, 9.17) is 35.3 Å². The third-order valence-electron chi connectivity index (χ3n) is 6.67. The summed E-state index contributed by atoms with van der Waals surface area (Å²) in [6.07, 6.45) is -4.61. The molecule has 16 heteroatoms. The molecule has 0 aliphatic heterocycles. The van der Waals surface area contributed by atoms with Crippen molar-refractivity contribution in [2.24, 2.45) is 5.73 Å². The molecule has 1 amide bonds. The lowest BCUT2D eigenvalue weighted by molar-refractivity contribution is -0.192. The predicted molar refractivity (Wildman–Crippen MR) is 165 cm³/mol. The van der Waals surface area contributed by atoms with Crippen LogP contribution >= 0.6 is 0 Å². The summed E-state index contributed by atoms with van der Waals surface area (Å²) in [5.41, 5.74) is 8.08. The summed E-state index contributed by atoms with van der Waals surface area (Å²) in [5.74, 6) is -1.55. The fourth-order valence-electron chi connectivity index (χ4n) is 4.18. The Morgan fingerprint density at radius 3 is 2.19 bits per heavy atom. The number of benzene rings is 3. The smallest absolute Gasteiger partial charge is 0.490 e. The highest BCUT2D eigenvalue weighted by Gasteiger charge is 2.38. The third-order valence-corrected chi connectivity index (χ3v) is 6.67. The molecule has 13 nitrogen and oxygen atoms in total. The van der Waals surface area contributed by atoms with E-state index < -0.39 is 23.8 Å². The van der Waals surface area contributed by atoms with Crippen LogP contribution in [0.4, 0.5) is 13.2 Å². The van der Waals surface area contributed by atoms with Crippen molar-refractivity contribution >= 4 is 17.7 Å². The van der Waals surface area contributed by atoms with Gasteiger partial charge in [-0.1, -0.05) is 42.5 Å². The van der Waals surface area contributed by atoms with E-state index in [-0.39, 0.29) is 18.3 Å². The molecule has 0 spiro atoms. The molecule has 0 radical (unpaired) electrons. The van der Waals surface area contributed by atoms with Gasteiger partial charge >= 0.3 is 17.8 Å². The summed E-state index contributed by atoms with van der Waals surface area (Å²) in [4.78, 5) is 38.4. The van der Waals surface area contributed by atoms with Crippen molar-refractivity contribution in [1.29, 1.82) is 5.41 Å². The van der Waals surface area contributed by atoms with Crippen LogP contribution in [0, 0.1) is 5.41 Å². The number of nitrogens with two attached hydrogens (primary N) is 1. The van der Waals surface area contributed by atoms with Crippen LogP contribution in [-0.4, -0.2) is 83.6 Å². The number of carbonyl (C=O) groups excluding carboxylic acids is 1. The number of aromatic amines is 1. The van der Waals surface area contributed by atoms with Gasteiger partial charge in [-0.2, -0.15) is 17.9 Å². The van der Waals surface area contributed by atoms with Crippen LogP contribution in [-0.2, 0) is 16.0 Å². The number of aliphatic carboxylic acids is 1. The van der Waals surface area contributed by atoms with Gasteiger partial charge in [0.05, 0.1) is 14.2 Å². The zero-order valence-electron chi connectivity index (χ0n) is 25.8. The topological polar surface area (TPSA) is 186 Å². The Labute approximate surface area is 266 Å². The minimum Gasteiger partial charge on any atom is -0.494 e. The van der Waals surface area contributed by atoms with Gasteiger partial charge in [-0.15, -0.1) is 5.10 Å². The molecule has 1 unspecified atom stereocenters. The first-order valence-electron chi connectivity index (χ1n) is 13.7. The van der Waals surface area contributed by atoms with Crippen LogP contribution < -0.4 is 25.6 Å². The standard InChI is InChI=1S/C29H32N6O5.C2HF3O2/c1-34(2)26(36)17-40-24-14-13-20(16-25(24)39-4)21(15-18-9-11-19(12-10-18)27(30)31)28-32-29(37)35(33-28)22-7-5-6-8-23(22)38-3;3-2(4,5)1(6)7/h5-14,16,21H,15,17H2,1-4H3,(H3,30,31)(H,32,33,37);(H,6,7). The first kappa shape index (κ1) is 35.7. The Morgan fingerprint density at radius 2 is 1.64 bits per heavy atom. The molecule has 3 aromatic carbocycles. The largest absolute Gasteiger partial charge is 0.494 e. The van der Waals surface area contributed by atoms with Gasteiger partial charge in [0.25, 0.3) is 5.91 Å². The van der Waals surface area contributed by atoms with Crippen molar-refractivity contribution in [3.05, 3.63) is 99.7 Å². The number of halogens is 3. The number of hydrogen-bond donors (Lipinski definition) is 4. The molecule has 47 heavy (non-hydrogen) atoms. The molecule has 1 heterocycles. The van der Waals surface area contributed by atoms with Gasteiger partial charge in [0.15, 0.2) is 18.1 Å². The van der Waals surface area contributed by atoms with Crippen molar-refractivity contribution in [3.8, 4) is 22.9 Å². The molecule has 0 saturated heterocycles. The molecule has 0 bridgehead atoms. The number of amides is 1. The van der Waals surface area contributed by atoms with Crippen LogP contribution in [0.15, 0.2) is 71.5 Å². The molecule has 1 aromatic heterocycles. The molecular formula is C31H33F3N6O7. The number of likely N-dealkylation sites (N-methyl/N-ethyl adjacent to an activating group) is 1. The van der Waals surface area contributed by atoms with Gasteiger partial charge in [0.2, 0.25) is 0 Å². The predicted octanol–water partition coefficient (Wildman–Crippen LogP) is 3.34. The highest BCUT2D eigenvalue weighted by molar-refractivity contribution is 5.94. The van der Waals surface area contributed by atoms with Gasteiger partial charge in [-0.25, -0.2) is 9.59 Å². The van der Waals surface area contributed by atoms with E-state index in [1.807, 2.05) is 30.3 Å². The van der Waals surface area contributed by atoms with Gasteiger partial charge in [-0.05, 0) is 41.8 Å². The van der Waals surface area contributed by atoms with E-state index >= 15 is 0 Å². The van der Waals surface area contributed by atoms with Crippen molar-refractivity contribution in [1.82, 2.24) is 19.7 Å². The molecule has 4 aromatic rings. The van der Waals surface area contributed by atoms with Crippen molar-refractivity contribution < 1.29 is 42.1 Å². The summed E-state index contributed by atoms with van der Waals surface area (Å²) in [7, 11) is 6.37. The quantitative estimate of drug-likeness (QED) is 0.139. The zero-order valence-corrected chi connectivity index (χ0v) is 25.8. The number of carbonyl (C=O) groups is 2. The monoisotopic (exact) mass is 658 g/mol. The molecule has 0 fully saturated rings. The minimum atomic E-state index is -5.08. The Morgan fingerprint density at radius 1 is 1.02 bits per heavy atom. The average molecular weight is 659 g/mol. The van der Waals surface area contributed by atoms with E-state index in [1.165, 1.54) is 23.8 Å². The number of ether oxygens (including phenoxy) is 3.